The van der Waals surface area contributed by atoms with Crippen LogP contribution in [0.15, 0.2) is 30.9 Å². The molecule has 0 aliphatic rings. The van der Waals surface area contributed by atoms with Crippen molar-refractivity contribution in [3.8, 4) is 0 Å². The zero-order valence-electron chi connectivity index (χ0n) is 8.46. The number of hydrogen-bond acceptors (Lipinski definition) is 2. The molecule has 1 aromatic carbocycles. The van der Waals surface area contributed by atoms with Crippen LogP contribution in [-0.4, -0.2) is 11.9 Å². The number of nitrogens with two attached hydrogens (primary N) is 1. The monoisotopic (exact) mass is 224 g/mol. The Labute approximate surface area is 93.9 Å². The van der Waals surface area contributed by atoms with Crippen molar-refractivity contribution in [2.45, 2.75) is 13.0 Å². The molecule has 1 atom stereocenters. The molecular weight excluding hydrogens is 212 g/mol. The van der Waals surface area contributed by atoms with E-state index >= 15 is 0 Å². The first-order valence-corrected chi connectivity index (χ1v) is 4.91. The van der Waals surface area contributed by atoms with Gasteiger partial charge in [-0.2, -0.15) is 0 Å². The normalized spacial score (nSPS) is 11.9. The van der Waals surface area contributed by atoms with Crippen LogP contribution in [0.4, 0.5) is 5.69 Å². The highest BCUT2D eigenvalue weighted by Crippen LogP contribution is 2.18. The van der Waals surface area contributed by atoms with Crippen LogP contribution < -0.4 is 11.1 Å². The first-order valence-electron chi connectivity index (χ1n) is 4.53. The third kappa shape index (κ3) is 2.99. The van der Waals surface area contributed by atoms with Crippen molar-refractivity contribution in [2.24, 2.45) is 0 Å². The highest BCUT2D eigenvalue weighted by Gasteiger charge is 2.11. The lowest BCUT2D eigenvalue weighted by molar-refractivity contribution is 0.0947. The summed E-state index contributed by atoms with van der Waals surface area (Å²) in [5.41, 5.74) is 6.46. The molecule has 1 aromatic rings. The van der Waals surface area contributed by atoms with Crippen molar-refractivity contribution in [1.29, 1.82) is 0 Å². The molecule has 3 nitrogen and oxygen atoms in total. The fourth-order valence-electron chi connectivity index (χ4n) is 1.06. The van der Waals surface area contributed by atoms with Gasteiger partial charge in [0.1, 0.15) is 0 Å². The number of benzene rings is 1. The maximum absolute atomic E-state index is 11.7. The summed E-state index contributed by atoms with van der Waals surface area (Å²) in [7, 11) is 0. The number of nitrogens with one attached hydrogen (secondary N) is 1. The van der Waals surface area contributed by atoms with Gasteiger partial charge in [0.05, 0.1) is 10.6 Å². The third-order valence-electron chi connectivity index (χ3n) is 1.95. The van der Waals surface area contributed by atoms with Crippen molar-refractivity contribution in [2.75, 3.05) is 5.73 Å². The van der Waals surface area contributed by atoms with E-state index < -0.39 is 0 Å². The van der Waals surface area contributed by atoms with E-state index in [0.29, 0.717) is 16.3 Å². The van der Waals surface area contributed by atoms with Gasteiger partial charge >= 0.3 is 0 Å². The number of rotatable bonds is 3. The molecule has 15 heavy (non-hydrogen) atoms. The van der Waals surface area contributed by atoms with E-state index in [-0.39, 0.29) is 11.9 Å². The Kier molecular flexibility index (Phi) is 3.74. The zero-order valence-corrected chi connectivity index (χ0v) is 9.21. The molecule has 0 aliphatic heterocycles. The lowest BCUT2D eigenvalue weighted by Gasteiger charge is -2.10. The molecule has 0 bridgehead atoms. The predicted molar refractivity (Wildman–Crippen MR) is 63.0 cm³/mol. The minimum atomic E-state index is -0.250. The Balaban J connectivity index is 2.90. The van der Waals surface area contributed by atoms with Crippen LogP contribution in [0.2, 0.25) is 5.02 Å². The molecular formula is C11H13ClN2O. The highest BCUT2D eigenvalue weighted by molar-refractivity contribution is 6.34. The molecule has 0 aromatic heterocycles. The minimum absolute atomic E-state index is 0.102. The van der Waals surface area contributed by atoms with Crippen LogP contribution in [0.25, 0.3) is 0 Å². The average molecular weight is 225 g/mol. The lowest BCUT2D eigenvalue weighted by Crippen LogP contribution is -2.31. The molecule has 0 saturated heterocycles. The maximum atomic E-state index is 11.7. The van der Waals surface area contributed by atoms with Gasteiger partial charge in [0.25, 0.3) is 5.91 Å². The van der Waals surface area contributed by atoms with Gasteiger partial charge in [-0.15, -0.1) is 6.58 Å². The van der Waals surface area contributed by atoms with E-state index in [1.54, 1.807) is 24.3 Å². The molecule has 1 unspecified atom stereocenters. The van der Waals surface area contributed by atoms with E-state index in [1.165, 1.54) is 0 Å². The molecule has 0 fully saturated rings. The molecule has 0 aliphatic carbocycles. The lowest BCUT2D eigenvalue weighted by atomic mass is 10.1. The molecule has 0 spiro atoms. The second-order valence-electron chi connectivity index (χ2n) is 3.24. The quantitative estimate of drug-likeness (QED) is 0.611. The van der Waals surface area contributed by atoms with Crippen LogP contribution in [0.3, 0.4) is 0 Å². The summed E-state index contributed by atoms with van der Waals surface area (Å²) in [6, 6.07) is 4.70. The standard InChI is InChI=1S/C11H13ClN2O/c1-3-7(2)14-11(15)9-6-8(13)4-5-10(9)12/h3-7H,1,13H2,2H3,(H,14,15). The first-order chi connectivity index (χ1) is 7.04. The Morgan fingerprint density at radius 3 is 2.93 bits per heavy atom. The Morgan fingerprint density at radius 2 is 2.33 bits per heavy atom. The summed E-state index contributed by atoms with van der Waals surface area (Å²) >= 11 is 5.88. The summed E-state index contributed by atoms with van der Waals surface area (Å²) in [5.74, 6) is -0.250. The topological polar surface area (TPSA) is 55.1 Å². The molecule has 1 amide bonds. The van der Waals surface area contributed by atoms with Crippen LogP contribution in [0.1, 0.15) is 17.3 Å². The van der Waals surface area contributed by atoms with E-state index in [9.17, 15) is 4.79 Å². The number of nitrogen functional groups attached to an aromatic ring is 1. The van der Waals surface area contributed by atoms with Crippen molar-refractivity contribution in [3.05, 3.63) is 41.4 Å². The van der Waals surface area contributed by atoms with Gasteiger partial charge in [-0.3, -0.25) is 4.79 Å². The number of anilines is 1. The Bertz CT molecular complexity index is 390. The van der Waals surface area contributed by atoms with E-state index in [0.717, 1.165) is 0 Å². The highest BCUT2D eigenvalue weighted by atomic mass is 35.5. The van der Waals surface area contributed by atoms with Crippen LogP contribution in [-0.2, 0) is 0 Å². The van der Waals surface area contributed by atoms with Crippen LogP contribution in [0.5, 0.6) is 0 Å². The van der Waals surface area contributed by atoms with E-state index in [2.05, 4.69) is 11.9 Å². The second kappa shape index (κ2) is 4.84. The summed E-state index contributed by atoms with van der Waals surface area (Å²) in [6.07, 6.45) is 1.64. The first kappa shape index (κ1) is 11.6. The van der Waals surface area contributed by atoms with Gasteiger partial charge in [-0.05, 0) is 25.1 Å². The fourth-order valence-corrected chi connectivity index (χ4v) is 1.26. The van der Waals surface area contributed by atoms with Gasteiger partial charge in [-0.25, -0.2) is 0 Å². The number of carbonyl (C=O) groups excluding carboxylic acids is 1. The average Bonchev–Trinajstić information content (AvgIpc) is 2.21. The second-order valence-corrected chi connectivity index (χ2v) is 3.64. The number of amides is 1. The van der Waals surface area contributed by atoms with Crippen molar-refractivity contribution in [1.82, 2.24) is 5.32 Å². The SMILES string of the molecule is C=CC(C)NC(=O)c1cc(N)ccc1Cl. The van der Waals surface area contributed by atoms with Gasteiger partial charge in [0.15, 0.2) is 0 Å². The zero-order chi connectivity index (χ0) is 11.4. The van der Waals surface area contributed by atoms with Crippen molar-refractivity contribution >= 4 is 23.2 Å². The molecule has 4 heteroatoms. The molecule has 1 rings (SSSR count). The molecule has 0 radical (unpaired) electrons. The Morgan fingerprint density at radius 1 is 1.67 bits per heavy atom. The largest absolute Gasteiger partial charge is 0.399 e. The van der Waals surface area contributed by atoms with Gasteiger partial charge in [0.2, 0.25) is 0 Å². The smallest absolute Gasteiger partial charge is 0.253 e. The number of carbonyl (C=O) groups is 1. The van der Waals surface area contributed by atoms with Crippen LogP contribution >= 0.6 is 11.6 Å². The van der Waals surface area contributed by atoms with Gasteiger partial charge < -0.3 is 11.1 Å². The number of hydrogen-bond donors (Lipinski definition) is 2. The summed E-state index contributed by atoms with van der Waals surface area (Å²) < 4.78 is 0. The third-order valence-corrected chi connectivity index (χ3v) is 2.28. The summed E-state index contributed by atoms with van der Waals surface area (Å²) in [4.78, 5) is 11.7. The van der Waals surface area contributed by atoms with E-state index in [1.807, 2.05) is 6.92 Å². The summed E-state index contributed by atoms with van der Waals surface area (Å²) in [5, 5.41) is 3.10. The Hall–Kier alpha value is -1.48. The number of halogens is 1. The van der Waals surface area contributed by atoms with E-state index in [4.69, 9.17) is 17.3 Å². The van der Waals surface area contributed by atoms with Gasteiger partial charge in [-0.1, -0.05) is 17.7 Å². The van der Waals surface area contributed by atoms with Crippen molar-refractivity contribution < 1.29 is 4.79 Å². The molecule has 0 heterocycles. The van der Waals surface area contributed by atoms with Gasteiger partial charge in [0, 0.05) is 11.7 Å². The summed E-state index contributed by atoms with van der Waals surface area (Å²) in [6.45, 7) is 5.40. The van der Waals surface area contributed by atoms with Crippen LogP contribution in [0, 0.1) is 0 Å². The van der Waals surface area contributed by atoms with Crippen molar-refractivity contribution in [3.63, 3.8) is 0 Å². The maximum Gasteiger partial charge on any atom is 0.253 e. The molecule has 3 N–H and O–H groups in total. The molecule has 0 saturated carbocycles. The minimum Gasteiger partial charge on any atom is -0.399 e. The fraction of sp³-hybridized carbons (Fsp3) is 0.182. The molecule has 80 valence electrons. The predicted octanol–water partition coefficient (Wildman–Crippen LogP) is 2.23.